The molecule has 0 unspecified atom stereocenters. The van der Waals surface area contributed by atoms with E-state index < -0.39 is 33.7 Å². The Hall–Kier alpha value is -3.08. The number of halogens is 3. The Kier molecular flexibility index (Phi) is 5.27. The van der Waals surface area contributed by atoms with Crippen molar-refractivity contribution in [2.75, 3.05) is 10.6 Å². The first-order valence-electron chi connectivity index (χ1n) is 7.86. The quantitative estimate of drug-likeness (QED) is 0.584. The second kappa shape index (κ2) is 7.50. The summed E-state index contributed by atoms with van der Waals surface area (Å²) >= 11 is 0.983. The van der Waals surface area contributed by atoms with Crippen LogP contribution in [0.1, 0.15) is 12.0 Å². The molecule has 7 nitrogen and oxygen atoms in total. The lowest BCUT2D eigenvalue weighted by molar-refractivity contribution is -0.384. The van der Waals surface area contributed by atoms with Gasteiger partial charge >= 0.3 is 6.18 Å². The van der Waals surface area contributed by atoms with E-state index in [1.54, 1.807) is 0 Å². The topological polar surface area (TPSA) is 101 Å². The zero-order valence-corrected chi connectivity index (χ0v) is 14.8. The molecule has 0 bridgehead atoms. The highest BCUT2D eigenvalue weighted by Crippen LogP contribution is 2.40. The van der Waals surface area contributed by atoms with Crippen LogP contribution in [0.5, 0.6) is 0 Å². The van der Waals surface area contributed by atoms with Crippen LogP contribution in [0.15, 0.2) is 47.4 Å². The largest absolute Gasteiger partial charge is 0.416 e. The number of nitrogens with zero attached hydrogens (tertiary/aromatic N) is 1. The number of rotatable bonds is 4. The number of thioether (sulfide) groups is 1. The van der Waals surface area contributed by atoms with Gasteiger partial charge in [-0.15, -0.1) is 11.8 Å². The van der Waals surface area contributed by atoms with E-state index in [2.05, 4.69) is 10.6 Å². The Balaban J connectivity index is 1.69. The van der Waals surface area contributed by atoms with E-state index >= 15 is 0 Å². The Morgan fingerprint density at radius 1 is 1.25 bits per heavy atom. The number of nitro groups is 1. The molecule has 3 rings (SSSR count). The van der Waals surface area contributed by atoms with Crippen LogP contribution in [-0.4, -0.2) is 22.0 Å². The van der Waals surface area contributed by atoms with Gasteiger partial charge < -0.3 is 10.6 Å². The van der Waals surface area contributed by atoms with Crippen molar-refractivity contribution in [3.63, 3.8) is 0 Å². The van der Waals surface area contributed by atoms with Crippen LogP contribution in [-0.2, 0) is 15.8 Å². The van der Waals surface area contributed by atoms with Gasteiger partial charge in [-0.05, 0) is 24.3 Å². The van der Waals surface area contributed by atoms with Crippen molar-refractivity contribution in [1.29, 1.82) is 0 Å². The number of amides is 2. The van der Waals surface area contributed by atoms with Gasteiger partial charge in [0.25, 0.3) is 5.69 Å². The van der Waals surface area contributed by atoms with Gasteiger partial charge in [-0.2, -0.15) is 13.2 Å². The molecule has 2 aromatic rings. The summed E-state index contributed by atoms with van der Waals surface area (Å²) in [5.74, 6) is -1.14. The first kappa shape index (κ1) is 19.7. The summed E-state index contributed by atoms with van der Waals surface area (Å²) in [6.45, 7) is 0. The van der Waals surface area contributed by atoms with Gasteiger partial charge in [0.2, 0.25) is 11.8 Å². The minimum Gasteiger partial charge on any atom is -0.326 e. The third-order valence-electron chi connectivity index (χ3n) is 3.84. The smallest absolute Gasteiger partial charge is 0.326 e. The van der Waals surface area contributed by atoms with Crippen LogP contribution in [0.2, 0.25) is 0 Å². The normalized spacial score (nSPS) is 16.1. The maximum absolute atomic E-state index is 12.8. The Labute approximate surface area is 160 Å². The van der Waals surface area contributed by atoms with E-state index in [9.17, 15) is 32.9 Å². The Morgan fingerprint density at radius 2 is 2.00 bits per heavy atom. The molecule has 1 atom stereocenters. The van der Waals surface area contributed by atoms with E-state index in [0.717, 1.165) is 23.9 Å². The molecule has 2 aromatic carbocycles. The summed E-state index contributed by atoms with van der Waals surface area (Å²) in [5, 5.41) is 14.8. The number of nitrogens with one attached hydrogen (secondary N) is 2. The lowest BCUT2D eigenvalue weighted by atomic mass is 10.1. The molecule has 0 aliphatic carbocycles. The zero-order chi connectivity index (χ0) is 20.5. The van der Waals surface area contributed by atoms with Crippen LogP contribution in [0.4, 0.5) is 30.2 Å². The standard InChI is InChI=1S/C17H12F3N3O4S/c18-17(19,20)9-4-5-13-12(6-9)22-16(25)14(28-13)8-15(24)21-10-2-1-3-11(7-10)23(26)27/h1-7,14H,8H2,(H,21,24)(H,22,25)/t14-/m1/s1. The second-order valence-electron chi connectivity index (χ2n) is 5.86. The molecule has 11 heteroatoms. The molecule has 0 radical (unpaired) electrons. The molecule has 0 aromatic heterocycles. The van der Waals surface area contributed by atoms with Crippen molar-refractivity contribution < 1.29 is 27.7 Å². The predicted molar refractivity (Wildman–Crippen MR) is 96.1 cm³/mol. The van der Waals surface area contributed by atoms with Gasteiger partial charge in [0.05, 0.1) is 21.4 Å². The SMILES string of the molecule is O=C(C[C@H]1Sc2ccc(C(F)(F)F)cc2NC1=O)Nc1cccc([N+](=O)[O-])c1. The summed E-state index contributed by atoms with van der Waals surface area (Å²) in [5.41, 5.74) is -0.832. The zero-order valence-electron chi connectivity index (χ0n) is 13.9. The highest BCUT2D eigenvalue weighted by molar-refractivity contribution is 8.01. The number of nitro benzene ring substituents is 1. The number of benzene rings is 2. The van der Waals surface area contributed by atoms with E-state index in [1.807, 2.05) is 0 Å². The van der Waals surface area contributed by atoms with Crippen LogP contribution in [0.3, 0.4) is 0 Å². The van der Waals surface area contributed by atoms with Gasteiger partial charge in [-0.1, -0.05) is 6.07 Å². The molecule has 0 saturated carbocycles. The number of alkyl halides is 3. The van der Waals surface area contributed by atoms with E-state index in [1.165, 1.54) is 30.3 Å². The Bertz CT molecular complexity index is 965. The molecular formula is C17H12F3N3O4S. The molecule has 0 saturated heterocycles. The average molecular weight is 411 g/mol. The molecule has 1 heterocycles. The maximum atomic E-state index is 12.8. The van der Waals surface area contributed by atoms with Crippen molar-refractivity contribution in [2.45, 2.75) is 22.7 Å². The van der Waals surface area contributed by atoms with Gasteiger partial charge in [-0.25, -0.2) is 0 Å². The molecule has 2 N–H and O–H groups in total. The monoisotopic (exact) mass is 411 g/mol. The second-order valence-corrected chi connectivity index (χ2v) is 7.11. The number of hydrogen-bond acceptors (Lipinski definition) is 5. The van der Waals surface area contributed by atoms with E-state index in [4.69, 9.17) is 0 Å². The fraction of sp³-hybridized carbons (Fsp3) is 0.176. The number of carbonyl (C=O) groups excluding carboxylic acids is 2. The summed E-state index contributed by atoms with van der Waals surface area (Å²) in [4.78, 5) is 34.9. The van der Waals surface area contributed by atoms with Crippen molar-refractivity contribution in [2.24, 2.45) is 0 Å². The molecule has 146 valence electrons. The van der Waals surface area contributed by atoms with E-state index in [-0.39, 0.29) is 23.5 Å². The average Bonchev–Trinajstić information content (AvgIpc) is 2.61. The fourth-order valence-electron chi connectivity index (χ4n) is 2.54. The minimum atomic E-state index is -4.53. The molecule has 2 amide bonds. The maximum Gasteiger partial charge on any atom is 0.416 e. The number of hydrogen-bond donors (Lipinski definition) is 2. The van der Waals surface area contributed by atoms with Gasteiger partial charge in [0, 0.05) is 29.1 Å². The summed E-state index contributed by atoms with van der Waals surface area (Å²) in [7, 11) is 0. The third-order valence-corrected chi connectivity index (χ3v) is 5.11. The molecule has 0 spiro atoms. The molecule has 1 aliphatic rings. The minimum absolute atomic E-state index is 0.0418. The molecule has 0 fully saturated rings. The highest BCUT2D eigenvalue weighted by atomic mass is 32.2. The van der Waals surface area contributed by atoms with Crippen LogP contribution < -0.4 is 10.6 Å². The van der Waals surface area contributed by atoms with Gasteiger partial charge in [0.1, 0.15) is 0 Å². The van der Waals surface area contributed by atoms with Crippen molar-refractivity contribution >= 4 is 40.6 Å². The van der Waals surface area contributed by atoms with Crippen LogP contribution >= 0.6 is 11.8 Å². The fourth-order valence-corrected chi connectivity index (χ4v) is 3.63. The van der Waals surface area contributed by atoms with Crippen molar-refractivity contribution in [3.05, 3.63) is 58.1 Å². The predicted octanol–water partition coefficient (Wildman–Crippen LogP) is 4.06. The number of non-ortho nitro benzene ring substituents is 1. The lowest BCUT2D eigenvalue weighted by Gasteiger charge is -2.24. The van der Waals surface area contributed by atoms with Crippen LogP contribution in [0.25, 0.3) is 0 Å². The van der Waals surface area contributed by atoms with Gasteiger partial charge in [-0.3, -0.25) is 19.7 Å². The summed E-state index contributed by atoms with van der Waals surface area (Å²) in [6.07, 6.45) is -4.78. The number of fused-ring (bicyclic) bond motifs is 1. The highest BCUT2D eigenvalue weighted by Gasteiger charge is 2.34. The molecule has 1 aliphatic heterocycles. The first-order valence-corrected chi connectivity index (χ1v) is 8.74. The number of anilines is 2. The summed E-state index contributed by atoms with van der Waals surface area (Å²) < 4.78 is 38.3. The number of carbonyl (C=O) groups is 2. The van der Waals surface area contributed by atoms with Crippen molar-refractivity contribution in [3.8, 4) is 0 Å². The van der Waals surface area contributed by atoms with E-state index in [0.29, 0.717) is 4.90 Å². The molecular weight excluding hydrogens is 399 g/mol. The van der Waals surface area contributed by atoms with Crippen LogP contribution in [0, 0.1) is 10.1 Å². The van der Waals surface area contributed by atoms with Crippen molar-refractivity contribution in [1.82, 2.24) is 0 Å². The first-order chi connectivity index (χ1) is 13.1. The Morgan fingerprint density at radius 3 is 2.68 bits per heavy atom. The molecule has 28 heavy (non-hydrogen) atoms. The van der Waals surface area contributed by atoms with Gasteiger partial charge in [0.15, 0.2) is 0 Å². The summed E-state index contributed by atoms with van der Waals surface area (Å²) in [6, 6.07) is 8.32. The lowest BCUT2D eigenvalue weighted by Crippen LogP contribution is -2.32. The third kappa shape index (κ3) is 4.42.